The van der Waals surface area contributed by atoms with Crippen molar-refractivity contribution in [2.75, 3.05) is 51.3 Å². The van der Waals surface area contributed by atoms with Crippen LogP contribution in [-0.2, 0) is 4.74 Å². The summed E-state index contributed by atoms with van der Waals surface area (Å²) in [5, 5.41) is 12.3. The van der Waals surface area contributed by atoms with E-state index in [1.54, 1.807) is 11.0 Å². The summed E-state index contributed by atoms with van der Waals surface area (Å²) in [6, 6.07) is 5.19. The van der Waals surface area contributed by atoms with Gasteiger partial charge in [-0.05, 0) is 37.5 Å². The summed E-state index contributed by atoms with van der Waals surface area (Å²) in [4.78, 5) is 28.9. The molecular formula is C19H27N3O4. The number of hydrogen-bond donors (Lipinski definition) is 2. The average molecular weight is 361 g/mol. The van der Waals surface area contributed by atoms with E-state index < -0.39 is 0 Å². The number of rotatable bonds is 3. The summed E-state index contributed by atoms with van der Waals surface area (Å²) in [6.07, 6.45) is 2.09. The van der Waals surface area contributed by atoms with E-state index in [1.807, 2.05) is 24.0 Å². The van der Waals surface area contributed by atoms with Crippen molar-refractivity contribution in [2.45, 2.75) is 19.8 Å². The molecule has 0 radical (unpaired) electrons. The molecule has 0 aliphatic carbocycles. The second-order valence-electron chi connectivity index (χ2n) is 6.98. The largest absolute Gasteiger partial charge is 0.396 e. The van der Waals surface area contributed by atoms with Gasteiger partial charge in [0, 0.05) is 50.0 Å². The maximum Gasteiger partial charge on any atom is 0.321 e. The smallest absolute Gasteiger partial charge is 0.321 e. The molecule has 0 saturated carbocycles. The van der Waals surface area contributed by atoms with E-state index in [-0.39, 0.29) is 24.5 Å². The zero-order valence-corrected chi connectivity index (χ0v) is 15.2. The van der Waals surface area contributed by atoms with Crippen LogP contribution in [0.3, 0.4) is 0 Å². The van der Waals surface area contributed by atoms with Crippen molar-refractivity contribution in [2.24, 2.45) is 5.92 Å². The Hall–Kier alpha value is -2.12. The molecule has 2 aliphatic heterocycles. The zero-order valence-electron chi connectivity index (χ0n) is 15.2. The Morgan fingerprint density at radius 3 is 2.73 bits per heavy atom. The summed E-state index contributed by atoms with van der Waals surface area (Å²) in [5.74, 6) is -0.0490. The van der Waals surface area contributed by atoms with E-state index in [1.165, 1.54) is 0 Å². The molecule has 1 aromatic carbocycles. The first kappa shape index (κ1) is 18.7. The molecule has 2 N–H and O–H groups in total. The molecule has 1 aromatic rings. The lowest BCUT2D eigenvalue weighted by molar-refractivity contribution is 0.0792. The minimum absolute atomic E-state index is 0.0113. The number of hydrogen-bond acceptors (Lipinski definition) is 4. The fourth-order valence-electron chi connectivity index (χ4n) is 3.46. The molecule has 3 rings (SSSR count). The fraction of sp³-hybridized carbons (Fsp3) is 0.579. The van der Waals surface area contributed by atoms with Gasteiger partial charge in [0.25, 0.3) is 5.91 Å². The van der Waals surface area contributed by atoms with Crippen LogP contribution in [0.15, 0.2) is 18.2 Å². The number of anilines is 1. The summed E-state index contributed by atoms with van der Waals surface area (Å²) in [7, 11) is 0. The van der Waals surface area contributed by atoms with Crippen molar-refractivity contribution < 1.29 is 19.4 Å². The van der Waals surface area contributed by atoms with Crippen LogP contribution in [0.5, 0.6) is 0 Å². The molecule has 3 amide bonds. The number of aliphatic hydroxyl groups excluding tert-OH is 1. The molecule has 2 fully saturated rings. The SMILES string of the molecule is Cc1c(NC(=O)N2CCOC[C@@H](CO)C2)cccc1C(=O)N1CCCC1. The van der Waals surface area contributed by atoms with Crippen molar-refractivity contribution in [3.05, 3.63) is 29.3 Å². The van der Waals surface area contributed by atoms with Gasteiger partial charge in [0.1, 0.15) is 0 Å². The summed E-state index contributed by atoms with van der Waals surface area (Å²) >= 11 is 0. The number of amides is 3. The highest BCUT2D eigenvalue weighted by molar-refractivity contribution is 5.99. The maximum absolute atomic E-state index is 12.7. The molecule has 0 bridgehead atoms. The Morgan fingerprint density at radius 2 is 2.00 bits per heavy atom. The molecular weight excluding hydrogens is 334 g/mol. The average Bonchev–Trinajstić information content (AvgIpc) is 3.07. The van der Waals surface area contributed by atoms with Gasteiger partial charge in [-0.15, -0.1) is 0 Å². The first-order valence-corrected chi connectivity index (χ1v) is 9.23. The lowest BCUT2D eigenvalue weighted by Gasteiger charge is -2.24. The third kappa shape index (κ3) is 4.16. The van der Waals surface area contributed by atoms with Gasteiger partial charge in [-0.2, -0.15) is 0 Å². The number of aliphatic hydroxyl groups is 1. The Morgan fingerprint density at radius 1 is 1.23 bits per heavy atom. The minimum Gasteiger partial charge on any atom is -0.396 e. The van der Waals surface area contributed by atoms with Gasteiger partial charge in [0.15, 0.2) is 0 Å². The standard InChI is InChI=1S/C19H27N3O4/c1-14-16(18(24)21-7-2-3-8-21)5-4-6-17(14)20-19(25)22-9-10-26-13-15(11-22)12-23/h4-6,15,23H,2-3,7-13H2,1H3,(H,20,25)/t15-/m1/s1. The first-order valence-electron chi connectivity index (χ1n) is 9.23. The Bertz CT molecular complexity index is 658. The van der Waals surface area contributed by atoms with Crippen molar-refractivity contribution in [3.63, 3.8) is 0 Å². The minimum atomic E-state index is -0.233. The highest BCUT2D eigenvalue weighted by Crippen LogP contribution is 2.23. The first-order chi connectivity index (χ1) is 12.6. The summed E-state index contributed by atoms with van der Waals surface area (Å²) in [5.41, 5.74) is 2.06. The number of benzene rings is 1. The highest BCUT2D eigenvalue weighted by atomic mass is 16.5. The van der Waals surface area contributed by atoms with Gasteiger partial charge >= 0.3 is 6.03 Å². The van der Waals surface area contributed by atoms with Gasteiger partial charge in [-0.1, -0.05) is 6.07 Å². The third-order valence-electron chi connectivity index (χ3n) is 5.08. The molecule has 2 heterocycles. The second kappa shape index (κ2) is 8.51. The van der Waals surface area contributed by atoms with E-state index in [4.69, 9.17) is 4.74 Å². The molecule has 1 atom stereocenters. The highest BCUT2D eigenvalue weighted by Gasteiger charge is 2.24. The summed E-state index contributed by atoms with van der Waals surface area (Å²) in [6.45, 7) is 5.29. The normalized spacial score (nSPS) is 20.8. The predicted octanol–water partition coefficient (Wildman–Crippen LogP) is 1.70. The quantitative estimate of drug-likeness (QED) is 0.859. The number of nitrogens with one attached hydrogen (secondary N) is 1. The van der Waals surface area contributed by atoms with Crippen LogP contribution in [0.4, 0.5) is 10.5 Å². The molecule has 0 unspecified atom stereocenters. The van der Waals surface area contributed by atoms with Crippen LogP contribution < -0.4 is 5.32 Å². The van der Waals surface area contributed by atoms with Crippen LogP contribution >= 0.6 is 0 Å². The number of nitrogens with zero attached hydrogens (tertiary/aromatic N) is 2. The van der Waals surface area contributed by atoms with Crippen LogP contribution in [-0.4, -0.2) is 72.8 Å². The monoisotopic (exact) mass is 361 g/mol. The van der Waals surface area contributed by atoms with Gasteiger partial charge < -0.3 is 25.0 Å². The van der Waals surface area contributed by atoms with E-state index in [9.17, 15) is 14.7 Å². The van der Waals surface area contributed by atoms with Crippen molar-refractivity contribution >= 4 is 17.6 Å². The van der Waals surface area contributed by atoms with Crippen LogP contribution in [0.2, 0.25) is 0 Å². The van der Waals surface area contributed by atoms with Crippen LogP contribution in [0.1, 0.15) is 28.8 Å². The third-order valence-corrected chi connectivity index (χ3v) is 5.08. The van der Waals surface area contributed by atoms with E-state index in [0.717, 1.165) is 31.5 Å². The molecule has 142 valence electrons. The number of ether oxygens (including phenoxy) is 1. The molecule has 2 saturated heterocycles. The fourth-order valence-corrected chi connectivity index (χ4v) is 3.46. The molecule has 7 nitrogen and oxygen atoms in total. The second-order valence-corrected chi connectivity index (χ2v) is 6.98. The maximum atomic E-state index is 12.7. The lowest BCUT2D eigenvalue weighted by Crippen LogP contribution is -2.39. The Labute approximate surface area is 153 Å². The van der Waals surface area contributed by atoms with E-state index in [0.29, 0.717) is 37.6 Å². The van der Waals surface area contributed by atoms with Crippen molar-refractivity contribution in [1.29, 1.82) is 0 Å². The van der Waals surface area contributed by atoms with Crippen LogP contribution in [0, 0.1) is 12.8 Å². The number of carbonyl (C=O) groups excluding carboxylic acids is 2. The van der Waals surface area contributed by atoms with E-state index in [2.05, 4.69) is 5.32 Å². The van der Waals surface area contributed by atoms with Gasteiger partial charge in [0.2, 0.25) is 0 Å². The lowest BCUT2D eigenvalue weighted by atomic mass is 10.1. The molecule has 7 heteroatoms. The Balaban J connectivity index is 1.72. The van der Waals surface area contributed by atoms with Gasteiger partial charge in [0.05, 0.1) is 13.2 Å². The molecule has 26 heavy (non-hydrogen) atoms. The van der Waals surface area contributed by atoms with Crippen molar-refractivity contribution in [1.82, 2.24) is 9.80 Å². The predicted molar refractivity (Wildman–Crippen MR) is 98.3 cm³/mol. The molecule has 0 aromatic heterocycles. The topological polar surface area (TPSA) is 82.1 Å². The number of carbonyl (C=O) groups is 2. The number of likely N-dealkylation sites (tertiary alicyclic amines) is 1. The van der Waals surface area contributed by atoms with Gasteiger partial charge in [-0.25, -0.2) is 4.79 Å². The van der Waals surface area contributed by atoms with Gasteiger partial charge in [-0.3, -0.25) is 4.79 Å². The number of urea groups is 1. The Kier molecular flexibility index (Phi) is 6.11. The summed E-state index contributed by atoms with van der Waals surface area (Å²) < 4.78 is 5.43. The van der Waals surface area contributed by atoms with Crippen molar-refractivity contribution in [3.8, 4) is 0 Å². The zero-order chi connectivity index (χ0) is 18.5. The van der Waals surface area contributed by atoms with Crippen LogP contribution in [0.25, 0.3) is 0 Å². The molecule has 2 aliphatic rings. The molecule has 0 spiro atoms. The van der Waals surface area contributed by atoms with E-state index >= 15 is 0 Å².